The lowest BCUT2D eigenvalue weighted by molar-refractivity contribution is -0.0831. The van der Waals surface area contributed by atoms with Gasteiger partial charge in [0.15, 0.2) is 6.23 Å². The van der Waals surface area contributed by atoms with Gasteiger partial charge in [-0.15, -0.1) is 0 Å². The molecule has 1 unspecified atom stereocenters. The Morgan fingerprint density at radius 2 is 2.24 bits per heavy atom. The zero-order valence-electron chi connectivity index (χ0n) is 12.0. The average molecular weight is 422 g/mol. The van der Waals surface area contributed by atoms with Crippen LogP contribution in [0.25, 0.3) is 11.0 Å². The van der Waals surface area contributed by atoms with Gasteiger partial charge in [-0.1, -0.05) is 25.4 Å². The number of hydrogen-bond acceptors (Lipinski definition) is 4. The minimum absolute atomic E-state index is 0.0254. The molecule has 0 saturated carbocycles. The standard InChI is InChI=1S/C14H17ClIN3O2/c1-4-9-7(2)14(3,20)13(21-9)19-5-8(16)10-11(15)17-6-18-12(10)19/h5-7,9,13,20H,4H2,1-3H3/t7-,9-,13?,14-/m1/s1. The van der Waals surface area contributed by atoms with E-state index in [4.69, 9.17) is 16.3 Å². The molecule has 1 N–H and O–H groups in total. The number of aliphatic hydroxyl groups is 1. The number of hydrogen-bond donors (Lipinski definition) is 1. The number of rotatable bonds is 2. The van der Waals surface area contributed by atoms with E-state index in [0.29, 0.717) is 10.8 Å². The second-order valence-corrected chi connectivity index (χ2v) is 7.22. The zero-order valence-corrected chi connectivity index (χ0v) is 15.0. The molecule has 3 rings (SSSR count). The summed E-state index contributed by atoms with van der Waals surface area (Å²) in [7, 11) is 0. The number of nitrogens with zero attached hydrogens (tertiary/aromatic N) is 3. The van der Waals surface area contributed by atoms with Crippen LogP contribution in [0.1, 0.15) is 33.4 Å². The summed E-state index contributed by atoms with van der Waals surface area (Å²) in [5, 5.41) is 12.1. The van der Waals surface area contributed by atoms with Gasteiger partial charge in [0.2, 0.25) is 0 Å². The zero-order chi connectivity index (χ0) is 15.4. The quantitative estimate of drug-likeness (QED) is 0.596. The fraction of sp³-hybridized carbons (Fsp3) is 0.571. The third-order valence-corrected chi connectivity index (χ3v) is 5.56. The maximum absolute atomic E-state index is 10.9. The van der Waals surface area contributed by atoms with E-state index in [-0.39, 0.29) is 12.0 Å². The van der Waals surface area contributed by atoms with E-state index in [1.54, 1.807) is 0 Å². The average Bonchev–Trinajstić information content (AvgIpc) is 2.87. The summed E-state index contributed by atoms with van der Waals surface area (Å²) < 4.78 is 8.91. The predicted octanol–water partition coefficient (Wildman–Crippen LogP) is 3.38. The van der Waals surface area contributed by atoms with Crippen molar-refractivity contribution in [3.05, 3.63) is 21.2 Å². The molecular weight excluding hydrogens is 405 g/mol. The number of fused-ring (bicyclic) bond motifs is 1. The molecule has 5 nitrogen and oxygen atoms in total. The molecule has 0 radical (unpaired) electrons. The Morgan fingerprint density at radius 3 is 2.86 bits per heavy atom. The van der Waals surface area contributed by atoms with Crippen LogP contribution in [-0.4, -0.2) is 31.3 Å². The van der Waals surface area contributed by atoms with Crippen LogP contribution in [0.15, 0.2) is 12.5 Å². The molecule has 2 aromatic heterocycles. The second kappa shape index (κ2) is 5.33. The van der Waals surface area contributed by atoms with Gasteiger partial charge in [-0.05, 0) is 35.9 Å². The molecule has 0 aromatic carbocycles. The van der Waals surface area contributed by atoms with Crippen molar-refractivity contribution >= 4 is 45.2 Å². The molecule has 2 aromatic rings. The van der Waals surface area contributed by atoms with Crippen molar-refractivity contribution in [3.8, 4) is 0 Å². The van der Waals surface area contributed by atoms with Gasteiger partial charge in [0.1, 0.15) is 22.7 Å². The highest BCUT2D eigenvalue weighted by atomic mass is 127. The van der Waals surface area contributed by atoms with Gasteiger partial charge >= 0.3 is 0 Å². The van der Waals surface area contributed by atoms with Crippen LogP contribution >= 0.6 is 34.2 Å². The largest absolute Gasteiger partial charge is 0.385 e. The predicted molar refractivity (Wildman–Crippen MR) is 89.2 cm³/mol. The lowest BCUT2D eigenvalue weighted by Gasteiger charge is -2.28. The third-order valence-electron chi connectivity index (χ3n) is 4.46. The van der Waals surface area contributed by atoms with Gasteiger partial charge in [-0.2, -0.15) is 0 Å². The Bertz CT molecular complexity index is 688. The monoisotopic (exact) mass is 421 g/mol. The normalized spacial score (nSPS) is 33.0. The van der Waals surface area contributed by atoms with Gasteiger partial charge in [-0.25, -0.2) is 9.97 Å². The Kier molecular flexibility index (Phi) is 3.92. The molecule has 1 fully saturated rings. The van der Waals surface area contributed by atoms with Crippen LogP contribution in [0.5, 0.6) is 0 Å². The second-order valence-electron chi connectivity index (χ2n) is 5.70. The van der Waals surface area contributed by atoms with E-state index in [1.165, 1.54) is 6.33 Å². The molecule has 7 heteroatoms. The summed E-state index contributed by atoms with van der Waals surface area (Å²) >= 11 is 8.37. The van der Waals surface area contributed by atoms with Gasteiger partial charge in [-0.3, -0.25) is 0 Å². The fourth-order valence-corrected chi connectivity index (χ4v) is 4.19. The summed E-state index contributed by atoms with van der Waals surface area (Å²) in [6.45, 7) is 5.91. The first-order valence-corrected chi connectivity index (χ1v) is 8.38. The van der Waals surface area contributed by atoms with E-state index >= 15 is 0 Å². The Labute approximate surface area is 141 Å². The molecule has 4 atom stereocenters. The van der Waals surface area contributed by atoms with Crippen molar-refractivity contribution < 1.29 is 9.84 Å². The van der Waals surface area contributed by atoms with Crippen LogP contribution in [-0.2, 0) is 4.74 Å². The van der Waals surface area contributed by atoms with Crippen molar-refractivity contribution in [1.29, 1.82) is 0 Å². The highest BCUT2D eigenvalue weighted by Gasteiger charge is 2.50. The first kappa shape index (κ1) is 15.5. The molecular formula is C14H17ClIN3O2. The first-order valence-electron chi connectivity index (χ1n) is 6.92. The summed E-state index contributed by atoms with van der Waals surface area (Å²) in [6.07, 6.45) is 3.75. The molecule has 21 heavy (non-hydrogen) atoms. The smallest absolute Gasteiger partial charge is 0.164 e. The Balaban J connectivity index is 2.15. The Hall–Kier alpha value is -0.440. The van der Waals surface area contributed by atoms with E-state index < -0.39 is 11.8 Å². The minimum atomic E-state index is -0.965. The molecule has 1 aliphatic heterocycles. The van der Waals surface area contributed by atoms with Gasteiger partial charge < -0.3 is 14.4 Å². The van der Waals surface area contributed by atoms with Gasteiger partial charge in [0.05, 0.1) is 11.5 Å². The highest BCUT2D eigenvalue weighted by molar-refractivity contribution is 14.1. The van der Waals surface area contributed by atoms with Crippen LogP contribution in [0.2, 0.25) is 5.15 Å². The highest BCUT2D eigenvalue weighted by Crippen LogP contribution is 2.45. The van der Waals surface area contributed by atoms with E-state index in [9.17, 15) is 5.11 Å². The molecule has 0 amide bonds. The Morgan fingerprint density at radius 1 is 1.52 bits per heavy atom. The third kappa shape index (κ3) is 2.27. The molecule has 1 saturated heterocycles. The minimum Gasteiger partial charge on any atom is -0.385 e. The number of halogens is 2. The number of ether oxygens (including phenoxy) is 1. The molecule has 0 aliphatic carbocycles. The molecule has 1 aliphatic rings. The van der Waals surface area contributed by atoms with Crippen LogP contribution < -0.4 is 0 Å². The topological polar surface area (TPSA) is 60.2 Å². The van der Waals surface area contributed by atoms with Crippen molar-refractivity contribution in [2.24, 2.45) is 5.92 Å². The van der Waals surface area contributed by atoms with Crippen molar-refractivity contribution in [2.75, 3.05) is 0 Å². The maximum atomic E-state index is 10.9. The fourth-order valence-electron chi connectivity index (χ4n) is 3.00. The lowest BCUT2D eigenvalue weighted by atomic mass is 9.87. The van der Waals surface area contributed by atoms with E-state index in [0.717, 1.165) is 15.4 Å². The van der Waals surface area contributed by atoms with Crippen molar-refractivity contribution in [1.82, 2.24) is 14.5 Å². The van der Waals surface area contributed by atoms with Crippen molar-refractivity contribution in [2.45, 2.75) is 45.1 Å². The van der Waals surface area contributed by atoms with Crippen LogP contribution in [0.3, 0.4) is 0 Å². The molecule has 114 valence electrons. The van der Waals surface area contributed by atoms with E-state index in [1.807, 2.05) is 24.6 Å². The summed E-state index contributed by atoms with van der Waals surface area (Å²) in [4.78, 5) is 8.34. The SMILES string of the molecule is CC[C@H]1OC(n2cc(I)c3c(Cl)ncnc32)[C@](C)(O)[C@@H]1C. The van der Waals surface area contributed by atoms with Crippen molar-refractivity contribution in [3.63, 3.8) is 0 Å². The summed E-state index contributed by atoms with van der Waals surface area (Å²) in [5.41, 5.74) is -0.277. The van der Waals surface area contributed by atoms with Gasteiger partial charge in [0.25, 0.3) is 0 Å². The van der Waals surface area contributed by atoms with Crippen LogP contribution in [0.4, 0.5) is 0 Å². The lowest BCUT2D eigenvalue weighted by Crippen LogP contribution is -2.37. The summed E-state index contributed by atoms with van der Waals surface area (Å²) in [5.74, 6) is 0.0416. The first-order chi connectivity index (χ1) is 9.87. The van der Waals surface area contributed by atoms with E-state index in [2.05, 4.69) is 39.5 Å². The summed E-state index contributed by atoms with van der Waals surface area (Å²) in [6, 6.07) is 0. The molecule has 0 bridgehead atoms. The number of aromatic nitrogens is 3. The molecule has 0 spiro atoms. The maximum Gasteiger partial charge on any atom is 0.164 e. The molecule has 3 heterocycles. The van der Waals surface area contributed by atoms with Crippen LogP contribution in [0, 0.1) is 9.49 Å². The van der Waals surface area contributed by atoms with Gasteiger partial charge in [0, 0.05) is 15.7 Å².